The molecule has 5 heteroatoms. The van der Waals surface area contributed by atoms with Crippen LogP contribution in [0.4, 0.5) is 4.79 Å². The lowest BCUT2D eigenvalue weighted by atomic mass is 10.1. The van der Waals surface area contributed by atoms with Crippen LogP contribution in [-0.4, -0.2) is 36.5 Å². The number of urea groups is 1. The van der Waals surface area contributed by atoms with Crippen molar-refractivity contribution in [1.29, 1.82) is 0 Å². The van der Waals surface area contributed by atoms with Gasteiger partial charge in [-0.2, -0.15) is 0 Å². The molecule has 0 aromatic carbocycles. The van der Waals surface area contributed by atoms with Crippen LogP contribution in [0, 0.1) is 0 Å². The highest BCUT2D eigenvalue weighted by Crippen LogP contribution is 2.08. The number of likely N-dealkylation sites (N-methyl/N-ethyl adjacent to an activating group) is 1. The zero-order valence-electron chi connectivity index (χ0n) is 7.04. The Balaban J connectivity index is 2.59. The van der Waals surface area contributed by atoms with Crippen LogP contribution in [0.15, 0.2) is 0 Å². The molecule has 1 aliphatic rings. The smallest absolute Gasteiger partial charge is 0.315 e. The number of amides is 3. The number of carbonyl (C=O) groups is 2. The fraction of sp³-hybridized carbons (Fsp3) is 0.714. The molecular weight excluding hydrogens is 158 g/mol. The van der Waals surface area contributed by atoms with Gasteiger partial charge in [0.2, 0.25) is 5.91 Å². The van der Waals surface area contributed by atoms with Gasteiger partial charge in [-0.05, 0) is 12.8 Å². The molecule has 0 radical (unpaired) electrons. The molecule has 12 heavy (non-hydrogen) atoms. The molecule has 1 fully saturated rings. The first-order valence-corrected chi connectivity index (χ1v) is 3.93. The zero-order valence-corrected chi connectivity index (χ0v) is 7.04. The number of hydrogen-bond donors (Lipinski definition) is 2. The summed E-state index contributed by atoms with van der Waals surface area (Å²) < 4.78 is 0. The minimum absolute atomic E-state index is 0.109. The lowest BCUT2D eigenvalue weighted by Crippen LogP contribution is -2.52. The maximum absolute atomic E-state index is 11.2. The average molecular weight is 171 g/mol. The highest BCUT2D eigenvalue weighted by Gasteiger charge is 2.27. The quantitative estimate of drug-likeness (QED) is 0.546. The molecule has 3 N–H and O–H groups in total. The Bertz CT molecular complexity index is 205. The van der Waals surface area contributed by atoms with E-state index in [9.17, 15) is 9.59 Å². The van der Waals surface area contributed by atoms with Gasteiger partial charge in [0, 0.05) is 13.6 Å². The van der Waals surface area contributed by atoms with Crippen LogP contribution in [0.2, 0.25) is 0 Å². The molecule has 1 rings (SSSR count). The Labute approximate surface area is 70.9 Å². The molecule has 1 saturated heterocycles. The van der Waals surface area contributed by atoms with Crippen molar-refractivity contribution in [2.45, 2.75) is 18.9 Å². The number of hydrogen-bond acceptors (Lipinski definition) is 2. The minimum atomic E-state index is -0.558. The van der Waals surface area contributed by atoms with E-state index in [1.807, 2.05) is 0 Å². The first-order chi connectivity index (χ1) is 5.63. The predicted octanol–water partition coefficient (Wildman–Crippen LogP) is -0.724. The maximum Gasteiger partial charge on any atom is 0.315 e. The summed E-state index contributed by atoms with van der Waals surface area (Å²) in [5, 5.41) is 2.68. The van der Waals surface area contributed by atoms with Gasteiger partial charge in [0.05, 0.1) is 0 Å². The van der Waals surface area contributed by atoms with Gasteiger partial charge in [0.25, 0.3) is 0 Å². The highest BCUT2D eigenvalue weighted by molar-refractivity contribution is 5.86. The number of rotatable bonds is 1. The summed E-state index contributed by atoms with van der Waals surface area (Å²) in [6.07, 6.45) is 1.60. The highest BCUT2D eigenvalue weighted by atomic mass is 16.2. The van der Waals surface area contributed by atoms with Crippen LogP contribution in [-0.2, 0) is 4.79 Å². The number of primary amides is 1. The van der Waals surface area contributed by atoms with Crippen LogP contribution in [0.3, 0.4) is 0 Å². The molecule has 1 aliphatic heterocycles. The molecule has 1 heterocycles. The summed E-state index contributed by atoms with van der Waals surface area (Å²) in [6, 6.07) is -0.937. The van der Waals surface area contributed by atoms with Crippen molar-refractivity contribution in [3.63, 3.8) is 0 Å². The maximum atomic E-state index is 11.2. The predicted molar refractivity (Wildman–Crippen MR) is 43.4 cm³/mol. The van der Waals surface area contributed by atoms with E-state index in [2.05, 4.69) is 5.32 Å². The van der Waals surface area contributed by atoms with Gasteiger partial charge in [-0.25, -0.2) is 4.79 Å². The fourth-order valence-electron chi connectivity index (χ4n) is 1.28. The number of nitrogens with zero attached hydrogens (tertiary/aromatic N) is 1. The van der Waals surface area contributed by atoms with Crippen molar-refractivity contribution in [2.75, 3.05) is 13.6 Å². The molecule has 0 aromatic rings. The molecule has 1 unspecified atom stereocenters. The van der Waals surface area contributed by atoms with Crippen molar-refractivity contribution in [3.8, 4) is 0 Å². The Morgan fingerprint density at radius 2 is 2.42 bits per heavy atom. The van der Waals surface area contributed by atoms with Crippen LogP contribution in [0.25, 0.3) is 0 Å². The first kappa shape index (κ1) is 8.83. The summed E-state index contributed by atoms with van der Waals surface area (Å²) in [5.41, 5.74) is 5.04. The summed E-state index contributed by atoms with van der Waals surface area (Å²) in [6.45, 7) is 0.696. The second-order valence-corrected chi connectivity index (χ2v) is 2.90. The van der Waals surface area contributed by atoms with E-state index in [-0.39, 0.29) is 11.9 Å². The average Bonchev–Trinajstić information content (AvgIpc) is 2.04. The third kappa shape index (κ3) is 1.66. The topological polar surface area (TPSA) is 75.4 Å². The summed E-state index contributed by atoms with van der Waals surface area (Å²) >= 11 is 0. The third-order valence-electron chi connectivity index (χ3n) is 2.07. The largest absolute Gasteiger partial charge is 0.354 e. The molecular formula is C7H13N3O2. The van der Waals surface area contributed by atoms with Crippen molar-refractivity contribution in [2.24, 2.45) is 5.73 Å². The van der Waals surface area contributed by atoms with Gasteiger partial charge < -0.3 is 16.0 Å². The van der Waals surface area contributed by atoms with Gasteiger partial charge in [0.15, 0.2) is 0 Å². The molecule has 1 atom stereocenters. The SMILES string of the molecule is CN(C(N)=O)C1CCCNC1=O. The van der Waals surface area contributed by atoms with Crippen LogP contribution >= 0.6 is 0 Å². The molecule has 5 nitrogen and oxygen atoms in total. The number of nitrogens with two attached hydrogens (primary N) is 1. The number of nitrogens with one attached hydrogen (secondary N) is 1. The molecule has 0 bridgehead atoms. The molecule has 0 saturated carbocycles. The van der Waals surface area contributed by atoms with E-state index in [1.54, 1.807) is 0 Å². The van der Waals surface area contributed by atoms with E-state index in [1.165, 1.54) is 11.9 Å². The number of piperidine rings is 1. The Kier molecular flexibility index (Phi) is 2.52. The van der Waals surface area contributed by atoms with E-state index in [0.717, 1.165) is 6.42 Å². The van der Waals surface area contributed by atoms with Crippen molar-refractivity contribution in [1.82, 2.24) is 10.2 Å². The van der Waals surface area contributed by atoms with Crippen LogP contribution < -0.4 is 11.1 Å². The number of carbonyl (C=O) groups excluding carboxylic acids is 2. The lowest BCUT2D eigenvalue weighted by molar-refractivity contribution is -0.126. The van der Waals surface area contributed by atoms with Crippen molar-refractivity contribution < 1.29 is 9.59 Å². The lowest BCUT2D eigenvalue weighted by Gasteiger charge is -2.28. The second-order valence-electron chi connectivity index (χ2n) is 2.90. The van der Waals surface area contributed by atoms with Gasteiger partial charge in [0.1, 0.15) is 6.04 Å². The fourth-order valence-corrected chi connectivity index (χ4v) is 1.28. The molecule has 0 aromatic heterocycles. The van der Waals surface area contributed by atoms with E-state index in [4.69, 9.17) is 5.73 Å². The van der Waals surface area contributed by atoms with Gasteiger partial charge in [-0.15, -0.1) is 0 Å². The third-order valence-corrected chi connectivity index (χ3v) is 2.07. The van der Waals surface area contributed by atoms with Crippen molar-refractivity contribution >= 4 is 11.9 Å². The van der Waals surface area contributed by atoms with E-state index >= 15 is 0 Å². The Morgan fingerprint density at radius 1 is 1.75 bits per heavy atom. The second kappa shape index (κ2) is 3.42. The molecule has 0 spiro atoms. The first-order valence-electron chi connectivity index (χ1n) is 3.93. The normalized spacial score (nSPS) is 23.1. The van der Waals surface area contributed by atoms with E-state index < -0.39 is 6.03 Å². The molecule has 3 amide bonds. The van der Waals surface area contributed by atoms with Crippen LogP contribution in [0.1, 0.15) is 12.8 Å². The zero-order chi connectivity index (χ0) is 9.14. The minimum Gasteiger partial charge on any atom is -0.354 e. The Morgan fingerprint density at radius 3 is 2.92 bits per heavy atom. The summed E-state index contributed by atoms with van der Waals surface area (Å²) in [5.74, 6) is -0.109. The monoisotopic (exact) mass is 171 g/mol. The van der Waals surface area contributed by atoms with Gasteiger partial charge in [-0.3, -0.25) is 4.79 Å². The molecule has 68 valence electrons. The summed E-state index contributed by atoms with van der Waals surface area (Å²) in [4.78, 5) is 23.2. The van der Waals surface area contributed by atoms with Crippen LogP contribution in [0.5, 0.6) is 0 Å². The Hall–Kier alpha value is -1.26. The standard InChI is InChI=1S/C7H13N3O2/c1-10(7(8)12)5-3-2-4-9-6(5)11/h5H,2-4H2,1H3,(H2,8,12)(H,9,11). The van der Waals surface area contributed by atoms with Gasteiger partial charge in [-0.1, -0.05) is 0 Å². The van der Waals surface area contributed by atoms with E-state index in [0.29, 0.717) is 13.0 Å². The van der Waals surface area contributed by atoms with Crippen molar-refractivity contribution in [3.05, 3.63) is 0 Å². The van der Waals surface area contributed by atoms with Gasteiger partial charge >= 0.3 is 6.03 Å². The summed E-state index contributed by atoms with van der Waals surface area (Å²) in [7, 11) is 1.54. The molecule has 0 aliphatic carbocycles.